The van der Waals surface area contributed by atoms with E-state index in [0.717, 1.165) is 17.8 Å². The van der Waals surface area contributed by atoms with Crippen molar-refractivity contribution in [2.45, 2.75) is 20.3 Å². The second-order valence-corrected chi connectivity index (χ2v) is 3.98. The summed E-state index contributed by atoms with van der Waals surface area (Å²) in [5.74, 6) is 0. The number of hydrogen-bond acceptors (Lipinski definition) is 4. The monoisotopic (exact) mass is 222 g/mol. The topological polar surface area (TPSA) is 72.3 Å². The van der Waals surface area contributed by atoms with Gasteiger partial charge in [-0.2, -0.15) is 10.5 Å². The van der Waals surface area contributed by atoms with E-state index >= 15 is 0 Å². The van der Waals surface area contributed by atoms with Crippen LogP contribution in [0, 0.1) is 22.7 Å². The Balaban J connectivity index is 2.73. The minimum atomic E-state index is 0.345. The summed E-state index contributed by atoms with van der Waals surface area (Å²) in [5.41, 5.74) is 3.93. The highest BCUT2D eigenvalue weighted by atomic mass is 14.9. The number of nitrogens with zero attached hydrogens (tertiary/aromatic N) is 4. The Bertz CT molecular complexity index is 569. The van der Waals surface area contributed by atoms with Gasteiger partial charge in [0.1, 0.15) is 12.1 Å². The third-order valence-corrected chi connectivity index (χ3v) is 2.49. The van der Waals surface area contributed by atoms with Gasteiger partial charge in [0, 0.05) is 17.8 Å². The van der Waals surface area contributed by atoms with Crippen LogP contribution in [0.3, 0.4) is 0 Å². The van der Waals surface area contributed by atoms with Crippen LogP contribution in [0.1, 0.15) is 31.4 Å². The standard InChI is InChI=1S/C13H10N4/c1-8-3-9(2)17-13-5-11(7-15)10(6-14)4-12(13)16-8/h4-5H,3H2,1-2H3. The van der Waals surface area contributed by atoms with Gasteiger partial charge in [-0.05, 0) is 26.0 Å². The Labute approximate surface area is 99.6 Å². The van der Waals surface area contributed by atoms with Gasteiger partial charge in [-0.25, -0.2) is 0 Å². The number of rotatable bonds is 0. The van der Waals surface area contributed by atoms with Gasteiger partial charge in [0.2, 0.25) is 0 Å². The molecule has 4 nitrogen and oxygen atoms in total. The molecule has 1 aliphatic rings. The van der Waals surface area contributed by atoms with E-state index in [9.17, 15) is 0 Å². The zero-order chi connectivity index (χ0) is 12.4. The fourth-order valence-corrected chi connectivity index (χ4v) is 1.80. The number of fused-ring (bicyclic) bond motifs is 1. The van der Waals surface area contributed by atoms with E-state index in [1.165, 1.54) is 0 Å². The van der Waals surface area contributed by atoms with Crippen LogP contribution in [0.2, 0.25) is 0 Å². The molecule has 0 amide bonds. The summed E-state index contributed by atoms with van der Waals surface area (Å²) in [4.78, 5) is 8.83. The summed E-state index contributed by atoms with van der Waals surface area (Å²) >= 11 is 0. The van der Waals surface area contributed by atoms with Crippen molar-refractivity contribution >= 4 is 22.8 Å². The molecule has 2 rings (SSSR count). The van der Waals surface area contributed by atoms with E-state index in [2.05, 4.69) is 9.98 Å². The van der Waals surface area contributed by atoms with Gasteiger partial charge in [0.25, 0.3) is 0 Å². The van der Waals surface area contributed by atoms with Gasteiger partial charge < -0.3 is 0 Å². The van der Waals surface area contributed by atoms with Crippen LogP contribution in [0.15, 0.2) is 22.1 Å². The summed E-state index contributed by atoms with van der Waals surface area (Å²) in [6.07, 6.45) is 0.721. The summed E-state index contributed by atoms with van der Waals surface area (Å²) in [6.45, 7) is 3.86. The first-order chi connectivity index (χ1) is 8.13. The van der Waals surface area contributed by atoms with Gasteiger partial charge >= 0.3 is 0 Å². The third-order valence-electron chi connectivity index (χ3n) is 2.49. The fourth-order valence-electron chi connectivity index (χ4n) is 1.80. The highest BCUT2D eigenvalue weighted by molar-refractivity contribution is 6.06. The molecule has 1 aromatic carbocycles. The summed E-state index contributed by atoms with van der Waals surface area (Å²) in [7, 11) is 0. The molecule has 82 valence electrons. The first-order valence-electron chi connectivity index (χ1n) is 5.20. The Hall–Kier alpha value is -2.46. The lowest BCUT2D eigenvalue weighted by atomic mass is 10.1. The molecule has 0 spiro atoms. The average Bonchev–Trinajstić information content (AvgIpc) is 2.43. The molecule has 0 aromatic heterocycles. The van der Waals surface area contributed by atoms with Crippen LogP contribution in [-0.2, 0) is 0 Å². The lowest BCUT2D eigenvalue weighted by Gasteiger charge is -2.02. The first-order valence-corrected chi connectivity index (χ1v) is 5.20. The molecule has 0 saturated heterocycles. The SMILES string of the molecule is CC1=Nc2cc(C#N)c(C#N)cc2N=C(C)C1. The smallest absolute Gasteiger partial charge is 0.101 e. The molecule has 0 fully saturated rings. The number of nitriles is 2. The van der Waals surface area contributed by atoms with E-state index in [4.69, 9.17) is 10.5 Å². The van der Waals surface area contributed by atoms with Crippen molar-refractivity contribution in [1.29, 1.82) is 10.5 Å². The van der Waals surface area contributed by atoms with Crippen LogP contribution in [0.5, 0.6) is 0 Å². The van der Waals surface area contributed by atoms with Crippen LogP contribution in [-0.4, -0.2) is 11.4 Å². The second-order valence-electron chi connectivity index (χ2n) is 3.98. The Kier molecular flexibility index (Phi) is 2.72. The van der Waals surface area contributed by atoms with Crippen LogP contribution >= 0.6 is 0 Å². The minimum absolute atomic E-state index is 0.345. The highest BCUT2D eigenvalue weighted by Crippen LogP contribution is 2.33. The molecule has 1 heterocycles. The van der Waals surface area contributed by atoms with Crippen molar-refractivity contribution in [2.75, 3.05) is 0 Å². The quantitative estimate of drug-likeness (QED) is 0.676. The summed E-state index contributed by atoms with van der Waals surface area (Å²) in [5, 5.41) is 17.9. The van der Waals surface area contributed by atoms with Gasteiger partial charge in [-0.15, -0.1) is 0 Å². The maximum atomic E-state index is 8.95. The van der Waals surface area contributed by atoms with Crippen molar-refractivity contribution in [2.24, 2.45) is 9.98 Å². The van der Waals surface area contributed by atoms with Crippen molar-refractivity contribution in [1.82, 2.24) is 0 Å². The first kappa shape index (κ1) is 11.0. The molecule has 0 atom stereocenters. The maximum absolute atomic E-state index is 8.95. The molecule has 4 heteroatoms. The normalized spacial score (nSPS) is 13.6. The summed E-state index contributed by atoms with van der Waals surface area (Å²) < 4.78 is 0. The van der Waals surface area contributed by atoms with E-state index in [1.807, 2.05) is 26.0 Å². The molecule has 17 heavy (non-hydrogen) atoms. The van der Waals surface area contributed by atoms with Crippen molar-refractivity contribution in [3.8, 4) is 12.1 Å². The van der Waals surface area contributed by atoms with E-state index in [-0.39, 0.29) is 0 Å². The zero-order valence-electron chi connectivity index (χ0n) is 9.65. The molecule has 0 unspecified atom stereocenters. The van der Waals surface area contributed by atoms with Crippen molar-refractivity contribution in [3.05, 3.63) is 23.3 Å². The Morgan fingerprint density at radius 3 is 1.71 bits per heavy atom. The highest BCUT2D eigenvalue weighted by Gasteiger charge is 2.12. The second kappa shape index (κ2) is 4.19. The molecule has 0 aliphatic carbocycles. The number of benzene rings is 1. The van der Waals surface area contributed by atoms with Gasteiger partial charge in [0.15, 0.2) is 0 Å². The molecule has 1 aliphatic heterocycles. The van der Waals surface area contributed by atoms with Crippen molar-refractivity contribution < 1.29 is 0 Å². The number of hydrogen-bond donors (Lipinski definition) is 0. The molecule has 1 aromatic rings. The number of aliphatic imine (C=N–C) groups is 2. The van der Waals surface area contributed by atoms with E-state index in [1.54, 1.807) is 12.1 Å². The average molecular weight is 222 g/mol. The van der Waals surface area contributed by atoms with Crippen LogP contribution in [0.25, 0.3) is 0 Å². The molecular weight excluding hydrogens is 212 g/mol. The van der Waals surface area contributed by atoms with Crippen molar-refractivity contribution in [3.63, 3.8) is 0 Å². The Morgan fingerprint density at radius 1 is 0.941 bits per heavy atom. The molecule has 0 radical (unpaired) electrons. The minimum Gasteiger partial charge on any atom is -0.255 e. The lowest BCUT2D eigenvalue weighted by molar-refractivity contribution is 1.38. The zero-order valence-corrected chi connectivity index (χ0v) is 9.65. The molecule has 0 bridgehead atoms. The lowest BCUT2D eigenvalue weighted by Crippen LogP contribution is -1.97. The predicted octanol–water partition coefficient (Wildman–Crippen LogP) is 3.02. The largest absolute Gasteiger partial charge is 0.255 e. The van der Waals surface area contributed by atoms with Crippen LogP contribution in [0.4, 0.5) is 11.4 Å². The molecule has 0 N–H and O–H groups in total. The van der Waals surface area contributed by atoms with Gasteiger partial charge in [0.05, 0.1) is 22.5 Å². The van der Waals surface area contributed by atoms with Gasteiger partial charge in [-0.3, -0.25) is 9.98 Å². The van der Waals surface area contributed by atoms with E-state index in [0.29, 0.717) is 22.5 Å². The van der Waals surface area contributed by atoms with E-state index < -0.39 is 0 Å². The fraction of sp³-hybridized carbons (Fsp3) is 0.231. The molecular formula is C13H10N4. The molecule has 0 saturated carbocycles. The predicted molar refractivity (Wildman–Crippen MR) is 66.0 cm³/mol. The summed E-state index contributed by atoms with van der Waals surface area (Å²) in [6, 6.07) is 7.25. The van der Waals surface area contributed by atoms with Gasteiger partial charge in [-0.1, -0.05) is 0 Å². The maximum Gasteiger partial charge on any atom is 0.101 e. The Morgan fingerprint density at radius 2 is 1.35 bits per heavy atom. The van der Waals surface area contributed by atoms with Crippen LogP contribution < -0.4 is 0 Å². The third kappa shape index (κ3) is 2.07.